The molecule has 3 heteroatoms. The molecule has 0 aromatic carbocycles. The van der Waals surface area contributed by atoms with Gasteiger partial charge in [-0.2, -0.15) is 0 Å². The molecule has 1 atom stereocenters. The van der Waals surface area contributed by atoms with Crippen molar-refractivity contribution in [3.63, 3.8) is 0 Å². The summed E-state index contributed by atoms with van der Waals surface area (Å²) >= 11 is 0. The number of rotatable bonds is 5. The molecule has 0 aliphatic carbocycles. The summed E-state index contributed by atoms with van der Waals surface area (Å²) in [5.41, 5.74) is 5.84. The van der Waals surface area contributed by atoms with E-state index in [-0.39, 0.29) is 5.54 Å². The van der Waals surface area contributed by atoms with Gasteiger partial charge >= 0.3 is 0 Å². The van der Waals surface area contributed by atoms with E-state index in [1.54, 1.807) is 6.26 Å². The zero-order chi connectivity index (χ0) is 10.6. The van der Waals surface area contributed by atoms with Crippen molar-refractivity contribution < 1.29 is 4.42 Å². The van der Waals surface area contributed by atoms with Crippen molar-refractivity contribution in [1.82, 2.24) is 4.90 Å². The molecule has 0 saturated carbocycles. The van der Waals surface area contributed by atoms with E-state index in [1.165, 1.54) is 0 Å². The van der Waals surface area contributed by atoms with Crippen LogP contribution in [0.25, 0.3) is 0 Å². The summed E-state index contributed by atoms with van der Waals surface area (Å²) in [5.74, 6) is 0.987. The molecule has 0 spiro atoms. The molecular weight excluding hydrogens is 176 g/mol. The monoisotopic (exact) mass is 196 g/mol. The van der Waals surface area contributed by atoms with Gasteiger partial charge in [-0.15, -0.1) is 0 Å². The number of likely N-dealkylation sites (N-methyl/N-ethyl adjacent to an activating group) is 1. The molecule has 0 bridgehead atoms. The molecular formula is C11H20N2O. The highest BCUT2D eigenvalue weighted by molar-refractivity contribution is 4.99. The fraction of sp³-hybridized carbons (Fsp3) is 0.636. The first-order valence-electron chi connectivity index (χ1n) is 5.06. The third kappa shape index (κ3) is 2.36. The molecule has 0 saturated heterocycles. The Kier molecular flexibility index (Phi) is 3.72. The van der Waals surface area contributed by atoms with E-state index in [9.17, 15) is 0 Å². The minimum Gasteiger partial charge on any atom is -0.468 e. The van der Waals surface area contributed by atoms with E-state index in [0.717, 1.165) is 18.7 Å². The number of hydrogen-bond acceptors (Lipinski definition) is 3. The van der Waals surface area contributed by atoms with Crippen LogP contribution >= 0.6 is 0 Å². The molecule has 0 fully saturated rings. The normalized spacial score (nSPS) is 15.8. The molecule has 0 aliphatic heterocycles. The fourth-order valence-corrected chi connectivity index (χ4v) is 1.40. The molecule has 1 unspecified atom stereocenters. The number of nitrogens with zero attached hydrogens (tertiary/aromatic N) is 1. The summed E-state index contributed by atoms with van der Waals surface area (Å²) < 4.78 is 5.31. The second-order valence-corrected chi connectivity index (χ2v) is 3.99. The van der Waals surface area contributed by atoms with E-state index >= 15 is 0 Å². The van der Waals surface area contributed by atoms with Crippen molar-refractivity contribution in [2.75, 3.05) is 13.6 Å². The lowest BCUT2D eigenvalue weighted by atomic mass is 9.97. The lowest BCUT2D eigenvalue weighted by molar-refractivity contribution is 0.122. The van der Waals surface area contributed by atoms with Crippen LogP contribution in [-0.2, 0) is 6.54 Å². The Balaban J connectivity index is 2.60. The van der Waals surface area contributed by atoms with Crippen LogP contribution in [0.15, 0.2) is 22.8 Å². The molecule has 0 amide bonds. The van der Waals surface area contributed by atoms with Gasteiger partial charge in [-0.25, -0.2) is 0 Å². The van der Waals surface area contributed by atoms with E-state index in [4.69, 9.17) is 10.2 Å². The quantitative estimate of drug-likeness (QED) is 0.781. The van der Waals surface area contributed by atoms with Gasteiger partial charge in [0.05, 0.1) is 12.8 Å². The van der Waals surface area contributed by atoms with Crippen molar-refractivity contribution in [3.05, 3.63) is 24.2 Å². The molecule has 3 nitrogen and oxygen atoms in total. The Labute approximate surface area is 85.9 Å². The fourth-order valence-electron chi connectivity index (χ4n) is 1.40. The van der Waals surface area contributed by atoms with Gasteiger partial charge in [0, 0.05) is 12.1 Å². The van der Waals surface area contributed by atoms with Gasteiger partial charge in [0.25, 0.3) is 0 Å². The third-order valence-corrected chi connectivity index (χ3v) is 3.10. The Bertz CT molecular complexity index is 252. The SMILES string of the molecule is CCC(C)(CN)N(C)Cc1ccco1. The summed E-state index contributed by atoms with van der Waals surface area (Å²) in [5, 5.41) is 0. The van der Waals surface area contributed by atoms with Gasteiger partial charge in [0.15, 0.2) is 0 Å². The molecule has 2 N–H and O–H groups in total. The molecule has 1 heterocycles. The molecule has 1 rings (SSSR count). The van der Waals surface area contributed by atoms with E-state index in [2.05, 4.69) is 25.8 Å². The van der Waals surface area contributed by atoms with Crippen LogP contribution in [0.1, 0.15) is 26.0 Å². The minimum atomic E-state index is 0.0623. The smallest absolute Gasteiger partial charge is 0.117 e. The highest BCUT2D eigenvalue weighted by atomic mass is 16.3. The first-order chi connectivity index (χ1) is 6.62. The van der Waals surface area contributed by atoms with Gasteiger partial charge in [0.1, 0.15) is 5.76 Å². The highest BCUT2D eigenvalue weighted by Gasteiger charge is 2.25. The first-order valence-corrected chi connectivity index (χ1v) is 5.06. The predicted molar refractivity (Wildman–Crippen MR) is 57.9 cm³/mol. The van der Waals surface area contributed by atoms with Crippen molar-refractivity contribution in [2.24, 2.45) is 5.73 Å². The van der Waals surface area contributed by atoms with Crippen LogP contribution in [0.5, 0.6) is 0 Å². The Morgan fingerprint density at radius 1 is 1.57 bits per heavy atom. The Hall–Kier alpha value is -0.800. The third-order valence-electron chi connectivity index (χ3n) is 3.10. The molecule has 0 aliphatic rings. The number of hydrogen-bond donors (Lipinski definition) is 1. The number of furan rings is 1. The summed E-state index contributed by atoms with van der Waals surface area (Å²) in [6.07, 6.45) is 2.75. The first kappa shape index (κ1) is 11.3. The van der Waals surface area contributed by atoms with Crippen LogP contribution in [-0.4, -0.2) is 24.0 Å². The van der Waals surface area contributed by atoms with E-state index in [0.29, 0.717) is 6.54 Å². The van der Waals surface area contributed by atoms with Crippen LogP contribution < -0.4 is 5.73 Å². The lowest BCUT2D eigenvalue weighted by Gasteiger charge is -2.36. The maximum absolute atomic E-state index is 5.78. The van der Waals surface area contributed by atoms with Crippen molar-refractivity contribution in [3.8, 4) is 0 Å². The molecule has 80 valence electrons. The lowest BCUT2D eigenvalue weighted by Crippen LogP contribution is -2.48. The zero-order valence-electron chi connectivity index (χ0n) is 9.29. The molecule has 1 aromatic heterocycles. The van der Waals surface area contributed by atoms with Gasteiger partial charge in [0.2, 0.25) is 0 Å². The zero-order valence-corrected chi connectivity index (χ0v) is 9.29. The molecule has 0 radical (unpaired) electrons. The largest absolute Gasteiger partial charge is 0.468 e. The van der Waals surface area contributed by atoms with Crippen molar-refractivity contribution in [1.29, 1.82) is 0 Å². The van der Waals surface area contributed by atoms with Gasteiger partial charge in [-0.3, -0.25) is 4.90 Å². The Morgan fingerprint density at radius 3 is 2.71 bits per heavy atom. The van der Waals surface area contributed by atoms with Crippen LogP contribution in [0.2, 0.25) is 0 Å². The van der Waals surface area contributed by atoms with Crippen molar-refractivity contribution >= 4 is 0 Å². The standard InChI is InChI=1S/C11H20N2O/c1-4-11(2,9-12)13(3)8-10-6-5-7-14-10/h5-7H,4,8-9,12H2,1-3H3. The summed E-state index contributed by atoms with van der Waals surface area (Å²) in [6.45, 7) is 5.82. The Morgan fingerprint density at radius 2 is 2.29 bits per heavy atom. The second kappa shape index (κ2) is 4.62. The van der Waals surface area contributed by atoms with E-state index < -0.39 is 0 Å². The average Bonchev–Trinajstić information content (AvgIpc) is 2.69. The maximum atomic E-state index is 5.78. The summed E-state index contributed by atoms with van der Waals surface area (Å²) in [6, 6.07) is 3.90. The van der Waals surface area contributed by atoms with Crippen LogP contribution in [0, 0.1) is 0 Å². The van der Waals surface area contributed by atoms with Crippen molar-refractivity contribution in [2.45, 2.75) is 32.4 Å². The minimum absolute atomic E-state index is 0.0623. The maximum Gasteiger partial charge on any atom is 0.117 e. The van der Waals surface area contributed by atoms with E-state index in [1.807, 2.05) is 12.1 Å². The number of nitrogens with two attached hydrogens (primary N) is 1. The average molecular weight is 196 g/mol. The summed E-state index contributed by atoms with van der Waals surface area (Å²) in [4.78, 5) is 2.24. The van der Waals surface area contributed by atoms with Crippen LogP contribution in [0.4, 0.5) is 0 Å². The summed E-state index contributed by atoms with van der Waals surface area (Å²) in [7, 11) is 2.08. The van der Waals surface area contributed by atoms with Gasteiger partial charge < -0.3 is 10.2 Å². The second-order valence-electron chi connectivity index (χ2n) is 3.99. The van der Waals surface area contributed by atoms with Crippen LogP contribution in [0.3, 0.4) is 0 Å². The molecule has 1 aromatic rings. The topological polar surface area (TPSA) is 42.4 Å². The molecule has 14 heavy (non-hydrogen) atoms. The highest BCUT2D eigenvalue weighted by Crippen LogP contribution is 2.18. The predicted octanol–water partition coefficient (Wildman–Crippen LogP) is 1.84. The van der Waals surface area contributed by atoms with Gasteiger partial charge in [-0.05, 0) is 32.5 Å². The van der Waals surface area contributed by atoms with Gasteiger partial charge in [-0.1, -0.05) is 6.92 Å².